The van der Waals surface area contributed by atoms with Crippen molar-refractivity contribution >= 4 is 17.4 Å². The Morgan fingerprint density at radius 1 is 1.38 bits per heavy atom. The van der Waals surface area contributed by atoms with E-state index in [-0.39, 0.29) is 23.1 Å². The number of hydrogen-bond donors (Lipinski definition) is 2. The van der Waals surface area contributed by atoms with Crippen molar-refractivity contribution in [3.8, 4) is 5.75 Å². The molecule has 1 saturated heterocycles. The third-order valence-corrected chi connectivity index (χ3v) is 5.26. The molecule has 0 bridgehead atoms. The number of carboxylic acids is 1. The number of anilines is 1. The van der Waals surface area contributed by atoms with Crippen LogP contribution < -0.4 is 9.64 Å². The average Bonchev–Trinajstić information content (AvgIpc) is 3.29. The second-order valence-electron chi connectivity index (χ2n) is 7.11. The first-order chi connectivity index (χ1) is 14.0. The molecule has 29 heavy (non-hydrogen) atoms. The van der Waals surface area contributed by atoms with Gasteiger partial charge >= 0.3 is 5.97 Å². The number of aliphatic hydroxyl groups excluding tert-OH is 1. The van der Waals surface area contributed by atoms with Crippen molar-refractivity contribution in [2.45, 2.75) is 31.4 Å². The second-order valence-corrected chi connectivity index (χ2v) is 7.11. The summed E-state index contributed by atoms with van der Waals surface area (Å²) in [5.74, 6) is -0.214. The van der Waals surface area contributed by atoms with Crippen LogP contribution in [0.1, 0.15) is 28.8 Å². The zero-order valence-electron chi connectivity index (χ0n) is 15.8. The van der Waals surface area contributed by atoms with Crippen LogP contribution in [0.15, 0.2) is 36.7 Å². The highest BCUT2D eigenvalue weighted by atomic mass is 19.1. The van der Waals surface area contributed by atoms with Crippen LogP contribution >= 0.6 is 0 Å². The van der Waals surface area contributed by atoms with Gasteiger partial charge in [-0.1, -0.05) is 0 Å². The van der Waals surface area contributed by atoms with Crippen LogP contribution in [0.2, 0.25) is 0 Å². The largest absolute Gasteiger partial charge is 0.496 e. The van der Waals surface area contributed by atoms with E-state index in [0.717, 1.165) is 5.56 Å². The summed E-state index contributed by atoms with van der Waals surface area (Å²) in [6.07, 6.45) is 4.19. The van der Waals surface area contributed by atoms with E-state index in [9.17, 15) is 19.4 Å². The molecule has 2 N–H and O–H groups in total. The van der Waals surface area contributed by atoms with Gasteiger partial charge in [0.25, 0.3) is 0 Å². The van der Waals surface area contributed by atoms with Crippen molar-refractivity contribution in [1.29, 1.82) is 0 Å². The van der Waals surface area contributed by atoms with Crippen LogP contribution in [-0.4, -0.2) is 56.6 Å². The smallest absolute Gasteiger partial charge is 0.341 e. The molecular formula is C20H21FN4O4. The van der Waals surface area contributed by atoms with Crippen molar-refractivity contribution in [2.75, 3.05) is 18.6 Å². The van der Waals surface area contributed by atoms with Crippen molar-refractivity contribution in [1.82, 2.24) is 14.6 Å². The number of halogens is 1. The van der Waals surface area contributed by atoms with Gasteiger partial charge in [-0.3, -0.25) is 0 Å². The summed E-state index contributed by atoms with van der Waals surface area (Å²) in [5.41, 5.74) is 1.04. The molecule has 3 aromatic rings. The predicted molar refractivity (Wildman–Crippen MR) is 103 cm³/mol. The molecule has 0 saturated carbocycles. The van der Waals surface area contributed by atoms with Crippen molar-refractivity contribution < 1.29 is 24.1 Å². The van der Waals surface area contributed by atoms with Crippen LogP contribution in [0.5, 0.6) is 5.75 Å². The molecule has 2 aromatic heterocycles. The van der Waals surface area contributed by atoms with E-state index in [1.165, 1.54) is 22.8 Å². The molecule has 9 heteroatoms. The molecule has 1 fully saturated rings. The molecule has 3 heterocycles. The van der Waals surface area contributed by atoms with Gasteiger partial charge in [0.15, 0.2) is 5.65 Å². The van der Waals surface area contributed by atoms with E-state index in [2.05, 4.69) is 10.1 Å². The molecular weight excluding hydrogens is 379 g/mol. The van der Waals surface area contributed by atoms with Crippen LogP contribution in [0.4, 0.5) is 10.2 Å². The minimum absolute atomic E-state index is 0.0210. The molecule has 8 nitrogen and oxygen atoms in total. The van der Waals surface area contributed by atoms with Gasteiger partial charge in [-0.05, 0) is 49.1 Å². The number of methoxy groups -OCH3 is 1. The maximum Gasteiger partial charge on any atom is 0.341 e. The molecule has 0 aliphatic carbocycles. The fourth-order valence-electron chi connectivity index (χ4n) is 3.88. The van der Waals surface area contributed by atoms with Crippen LogP contribution in [-0.2, 0) is 6.42 Å². The van der Waals surface area contributed by atoms with E-state index in [4.69, 9.17) is 4.74 Å². The average molecular weight is 400 g/mol. The highest BCUT2D eigenvalue weighted by Crippen LogP contribution is 2.29. The third kappa shape index (κ3) is 3.73. The van der Waals surface area contributed by atoms with Gasteiger partial charge in [-0.15, -0.1) is 0 Å². The van der Waals surface area contributed by atoms with E-state index >= 15 is 0 Å². The summed E-state index contributed by atoms with van der Waals surface area (Å²) >= 11 is 0. The standard InChI is InChI=1S/C20H21FN4O4/c1-29-17-5-3-13(21)8-12(17)2-4-14-9-15(26)11-24(14)18-6-7-25-19(23-18)16(10-22-25)20(27)28/h3,5-8,10,14-15,26H,2,4,9,11H2,1H3,(H,27,28)/t14-,15?/m1/s1. The molecule has 152 valence electrons. The number of β-amino-alcohol motifs (C(OH)–C–C–N with tert-alkyl or cyclic N) is 1. The maximum atomic E-state index is 13.6. The molecule has 1 aromatic carbocycles. The molecule has 1 unspecified atom stereocenters. The summed E-state index contributed by atoms with van der Waals surface area (Å²) < 4.78 is 20.4. The zero-order valence-corrected chi connectivity index (χ0v) is 15.8. The molecule has 0 radical (unpaired) electrons. The maximum absolute atomic E-state index is 13.6. The number of aromatic carboxylic acids is 1. The number of aliphatic hydroxyl groups is 1. The van der Waals surface area contributed by atoms with Crippen molar-refractivity contribution in [3.63, 3.8) is 0 Å². The van der Waals surface area contributed by atoms with Gasteiger partial charge in [0, 0.05) is 18.8 Å². The van der Waals surface area contributed by atoms with E-state index < -0.39 is 12.1 Å². The highest BCUT2D eigenvalue weighted by molar-refractivity contribution is 5.94. The lowest BCUT2D eigenvalue weighted by atomic mass is 10.0. The van der Waals surface area contributed by atoms with E-state index in [1.807, 2.05) is 4.90 Å². The van der Waals surface area contributed by atoms with Crippen molar-refractivity contribution in [3.05, 3.63) is 53.6 Å². The quantitative estimate of drug-likeness (QED) is 0.654. The molecule has 0 amide bonds. The molecule has 1 aliphatic heterocycles. The normalized spacial score (nSPS) is 19.1. The topological polar surface area (TPSA) is 100 Å². The summed E-state index contributed by atoms with van der Waals surface area (Å²) in [6.45, 7) is 0.394. The number of hydrogen-bond acceptors (Lipinski definition) is 6. The number of carbonyl (C=O) groups is 1. The summed E-state index contributed by atoms with van der Waals surface area (Å²) in [6, 6.07) is 6.15. The number of aromatic nitrogens is 3. The van der Waals surface area contributed by atoms with E-state index in [0.29, 0.717) is 37.4 Å². The van der Waals surface area contributed by atoms with E-state index in [1.54, 1.807) is 25.4 Å². The monoisotopic (exact) mass is 400 g/mol. The number of carboxylic acid groups (broad SMARTS) is 1. The minimum Gasteiger partial charge on any atom is -0.496 e. The Hall–Kier alpha value is -3.20. The second kappa shape index (κ2) is 7.67. The summed E-state index contributed by atoms with van der Waals surface area (Å²) in [7, 11) is 1.55. The SMILES string of the molecule is COc1ccc(F)cc1CC[C@@H]1CC(O)CN1c1ccn2ncc(C(=O)O)c2n1. The summed E-state index contributed by atoms with van der Waals surface area (Å²) in [5, 5.41) is 23.5. The highest BCUT2D eigenvalue weighted by Gasteiger charge is 2.32. The van der Waals surface area contributed by atoms with Gasteiger partial charge in [-0.25, -0.2) is 18.7 Å². The lowest BCUT2D eigenvalue weighted by Gasteiger charge is -2.25. The number of rotatable bonds is 6. The van der Waals surface area contributed by atoms with Crippen LogP contribution in [0, 0.1) is 5.82 Å². The summed E-state index contributed by atoms with van der Waals surface area (Å²) in [4.78, 5) is 17.8. The lowest BCUT2D eigenvalue weighted by molar-refractivity contribution is 0.0698. The number of ether oxygens (including phenoxy) is 1. The van der Waals surface area contributed by atoms with Crippen molar-refractivity contribution in [2.24, 2.45) is 0 Å². The molecule has 4 rings (SSSR count). The zero-order chi connectivity index (χ0) is 20.5. The van der Waals surface area contributed by atoms with Gasteiger partial charge < -0.3 is 19.8 Å². The fraction of sp³-hybridized carbons (Fsp3) is 0.350. The lowest BCUT2D eigenvalue weighted by Crippen LogP contribution is -2.31. The Kier molecular flexibility index (Phi) is 5.06. The first-order valence-corrected chi connectivity index (χ1v) is 9.31. The number of aryl methyl sites for hydroxylation is 1. The predicted octanol–water partition coefficient (Wildman–Crippen LogP) is 2.15. The number of benzene rings is 1. The Morgan fingerprint density at radius 3 is 2.97 bits per heavy atom. The molecule has 2 atom stereocenters. The first-order valence-electron chi connectivity index (χ1n) is 9.31. The Morgan fingerprint density at radius 2 is 2.21 bits per heavy atom. The Bertz CT molecular complexity index is 1050. The minimum atomic E-state index is -1.10. The van der Waals surface area contributed by atoms with Gasteiger partial charge in [-0.2, -0.15) is 5.10 Å². The van der Waals surface area contributed by atoms with Crippen LogP contribution in [0.3, 0.4) is 0 Å². The molecule has 0 spiro atoms. The Balaban J connectivity index is 1.58. The fourth-order valence-corrected chi connectivity index (χ4v) is 3.88. The molecule has 1 aliphatic rings. The number of nitrogens with zero attached hydrogens (tertiary/aromatic N) is 4. The van der Waals surface area contributed by atoms with Gasteiger partial charge in [0.2, 0.25) is 0 Å². The van der Waals surface area contributed by atoms with Gasteiger partial charge in [0.1, 0.15) is 22.9 Å². The van der Waals surface area contributed by atoms with Crippen LogP contribution in [0.25, 0.3) is 5.65 Å². The van der Waals surface area contributed by atoms with Gasteiger partial charge in [0.05, 0.1) is 19.4 Å². The third-order valence-electron chi connectivity index (χ3n) is 5.26. The first kappa shape index (κ1) is 19.1. The number of fused-ring (bicyclic) bond motifs is 1. The Labute approximate surface area is 166 Å².